The highest BCUT2D eigenvalue weighted by Gasteiger charge is 2.04. The van der Waals surface area contributed by atoms with Gasteiger partial charge < -0.3 is 9.47 Å². The molecule has 1 aromatic carbocycles. The van der Waals surface area contributed by atoms with Crippen LogP contribution < -0.4 is 4.74 Å². The Morgan fingerprint density at radius 2 is 1.84 bits per heavy atom. The normalized spacial score (nSPS) is 10.4. The summed E-state index contributed by atoms with van der Waals surface area (Å²) < 4.78 is 10.5. The summed E-state index contributed by atoms with van der Waals surface area (Å²) in [6.45, 7) is 3.29. The van der Waals surface area contributed by atoms with Gasteiger partial charge in [0.05, 0.1) is 6.61 Å². The number of pyridine rings is 1. The number of hydrogen-bond acceptors (Lipinski definition) is 3. The molecule has 0 atom stereocenters. The van der Waals surface area contributed by atoms with E-state index in [4.69, 9.17) is 9.47 Å². The highest BCUT2D eigenvalue weighted by atomic mass is 16.5. The predicted molar refractivity (Wildman–Crippen MR) is 76.4 cm³/mol. The summed E-state index contributed by atoms with van der Waals surface area (Å²) in [5.74, 6) is 0.864. The number of hydrogen-bond donors (Lipinski definition) is 0. The van der Waals surface area contributed by atoms with Crippen molar-refractivity contribution in [3.63, 3.8) is 0 Å². The maximum atomic E-state index is 5.55. The van der Waals surface area contributed by atoms with Gasteiger partial charge in [0, 0.05) is 24.6 Å². The molecule has 2 rings (SSSR count). The quantitative estimate of drug-likeness (QED) is 0.744. The van der Waals surface area contributed by atoms with E-state index >= 15 is 0 Å². The zero-order valence-electron chi connectivity index (χ0n) is 11.4. The zero-order valence-corrected chi connectivity index (χ0v) is 11.4. The molecule has 1 aromatic heterocycles. The maximum Gasteiger partial charge on any atom is 0.119 e. The van der Waals surface area contributed by atoms with Crippen LogP contribution in [0.15, 0.2) is 42.6 Å². The van der Waals surface area contributed by atoms with Crippen LogP contribution in [0.25, 0.3) is 11.1 Å². The fraction of sp³-hybridized carbons (Fsp3) is 0.312. The molecule has 0 saturated carbocycles. The minimum atomic E-state index is 0.572. The minimum absolute atomic E-state index is 0.572. The first-order valence-electron chi connectivity index (χ1n) is 6.51. The van der Waals surface area contributed by atoms with Gasteiger partial charge in [0.1, 0.15) is 12.4 Å². The van der Waals surface area contributed by atoms with Gasteiger partial charge in [-0.3, -0.25) is 4.98 Å². The lowest BCUT2D eigenvalue weighted by atomic mass is 10.0. The van der Waals surface area contributed by atoms with E-state index in [-0.39, 0.29) is 0 Å². The number of rotatable bonds is 6. The highest BCUT2D eigenvalue weighted by Crippen LogP contribution is 2.24. The van der Waals surface area contributed by atoms with Gasteiger partial charge in [0.15, 0.2) is 0 Å². The van der Waals surface area contributed by atoms with Crippen LogP contribution in [0.3, 0.4) is 0 Å². The second-order valence-corrected chi connectivity index (χ2v) is 4.22. The summed E-state index contributed by atoms with van der Waals surface area (Å²) in [6.07, 6.45) is 2.77. The Morgan fingerprint density at radius 3 is 2.53 bits per heavy atom. The Morgan fingerprint density at radius 1 is 1.05 bits per heavy atom. The molecule has 0 aliphatic carbocycles. The number of ether oxygens (including phenoxy) is 2. The lowest BCUT2D eigenvalue weighted by molar-refractivity contribution is 0.146. The first-order chi connectivity index (χ1) is 9.35. The largest absolute Gasteiger partial charge is 0.491 e. The van der Waals surface area contributed by atoms with Crippen molar-refractivity contribution in [3.8, 4) is 16.9 Å². The van der Waals surface area contributed by atoms with E-state index in [1.54, 1.807) is 7.11 Å². The third-order valence-electron chi connectivity index (χ3n) is 2.95. The number of methoxy groups -OCH3 is 1. The Kier molecular flexibility index (Phi) is 4.93. The highest BCUT2D eigenvalue weighted by molar-refractivity contribution is 5.66. The van der Waals surface area contributed by atoms with Crippen LogP contribution in [0.4, 0.5) is 0 Å². The maximum absolute atomic E-state index is 5.55. The van der Waals surface area contributed by atoms with Gasteiger partial charge in [-0.15, -0.1) is 0 Å². The molecule has 0 N–H and O–H groups in total. The Bertz CT molecular complexity index is 508. The van der Waals surface area contributed by atoms with E-state index in [0.717, 1.165) is 17.9 Å². The van der Waals surface area contributed by atoms with Gasteiger partial charge >= 0.3 is 0 Å². The molecular weight excluding hydrogens is 238 g/mol. The van der Waals surface area contributed by atoms with Gasteiger partial charge in [-0.1, -0.05) is 25.1 Å². The summed E-state index contributed by atoms with van der Waals surface area (Å²) >= 11 is 0. The first kappa shape index (κ1) is 13.6. The standard InChI is InChI=1S/C16H19NO2/c1-3-16-15(5-4-10-17-16)13-6-8-14(9-7-13)19-12-11-18-2/h4-10H,3,11-12H2,1-2H3. The lowest BCUT2D eigenvalue weighted by Gasteiger charge is -2.09. The number of benzene rings is 1. The molecule has 0 fully saturated rings. The van der Waals surface area contributed by atoms with Crippen LogP contribution in [0, 0.1) is 0 Å². The van der Waals surface area contributed by atoms with Crippen molar-refractivity contribution in [2.24, 2.45) is 0 Å². The minimum Gasteiger partial charge on any atom is -0.491 e. The molecule has 0 aliphatic rings. The molecule has 19 heavy (non-hydrogen) atoms. The molecule has 3 nitrogen and oxygen atoms in total. The monoisotopic (exact) mass is 257 g/mol. The molecule has 0 aliphatic heterocycles. The number of aromatic nitrogens is 1. The zero-order chi connectivity index (χ0) is 13.5. The Balaban J connectivity index is 2.13. The third-order valence-corrected chi connectivity index (χ3v) is 2.95. The van der Waals surface area contributed by atoms with Gasteiger partial charge in [-0.25, -0.2) is 0 Å². The summed E-state index contributed by atoms with van der Waals surface area (Å²) in [7, 11) is 1.67. The van der Waals surface area contributed by atoms with E-state index in [1.807, 2.05) is 24.4 Å². The van der Waals surface area contributed by atoms with Crippen LogP contribution in [0.5, 0.6) is 5.75 Å². The van der Waals surface area contributed by atoms with Gasteiger partial charge in [-0.05, 0) is 30.2 Å². The fourth-order valence-corrected chi connectivity index (χ4v) is 1.96. The SMILES string of the molecule is CCc1ncccc1-c1ccc(OCCOC)cc1. The molecule has 0 bridgehead atoms. The molecule has 0 spiro atoms. The summed E-state index contributed by atoms with van der Waals surface area (Å²) in [6, 6.07) is 12.2. The Hall–Kier alpha value is -1.87. The van der Waals surface area contributed by atoms with Crippen LogP contribution in [-0.4, -0.2) is 25.3 Å². The first-order valence-corrected chi connectivity index (χ1v) is 6.51. The van der Waals surface area contributed by atoms with Crippen LogP contribution in [0.1, 0.15) is 12.6 Å². The van der Waals surface area contributed by atoms with Gasteiger partial charge in [0.25, 0.3) is 0 Å². The molecule has 0 amide bonds. The van der Waals surface area contributed by atoms with Crippen molar-refractivity contribution in [2.75, 3.05) is 20.3 Å². The summed E-state index contributed by atoms with van der Waals surface area (Å²) in [5.41, 5.74) is 3.48. The predicted octanol–water partition coefficient (Wildman–Crippen LogP) is 3.34. The lowest BCUT2D eigenvalue weighted by Crippen LogP contribution is -2.03. The molecule has 3 heteroatoms. The van der Waals surface area contributed by atoms with Crippen molar-refractivity contribution in [2.45, 2.75) is 13.3 Å². The van der Waals surface area contributed by atoms with E-state index in [0.29, 0.717) is 13.2 Å². The van der Waals surface area contributed by atoms with Gasteiger partial charge in [0.2, 0.25) is 0 Å². The van der Waals surface area contributed by atoms with E-state index in [2.05, 4.69) is 30.1 Å². The number of aryl methyl sites for hydroxylation is 1. The second kappa shape index (κ2) is 6.90. The molecule has 2 aromatic rings. The average Bonchev–Trinajstić information content (AvgIpc) is 2.48. The topological polar surface area (TPSA) is 31.4 Å². The average molecular weight is 257 g/mol. The van der Waals surface area contributed by atoms with Crippen molar-refractivity contribution < 1.29 is 9.47 Å². The molecule has 0 radical (unpaired) electrons. The van der Waals surface area contributed by atoms with Crippen LogP contribution in [-0.2, 0) is 11.2 Å². The van der Waals surface area contributed by atoms with E-state index < -0.39 is 0 Å². The van der Waals surface area contributed by atoms with E-state index in [1.165, 1.54) is 11.1 Å². The fourth-order valence-electron chi connectivity index (χ4n) is 1.96. The number of nitrogens with zero attached hydrogens (tertiary/aromatic N) is 1. The van der Waals surface area contributed by atoms with Crippen molar-refractivity contribution in [1.82, 2.24) is 4.98 Å². The molecule has 0 unspecified atom stereocenters. The molecular formula is C16H19NO2. The molecule has 100 valence electrons. The Labute approximate surface area is 114 Å². The van der Waals surface area contributed by atoms with Crippen molar-refractivity contribution in [1.29, 1.82) is 0 Å². The van der Waals surface area contributed by atoms with Crippen LogP contribution >= 0.6 is 0 Å². The smallest absolute Gasteiger partial charge is 0.119 e. The van der Waals surface area contributed by atoms with Crippen LogP contribution in [0.2, 0.25) is 0 Å². The molecule has 1 heterocycles. The summed E-state index contributed by atoms with van der Waals surface area (Å²) in [5, 5.41) is 0. The van der Waals surface area contributed by atoms with E-state index in [9.17, 15) is 0 Å². The molecule has 0 saturated heterocycles. The van der Waals surface area contributed by atoms with Gasteiger partial charge in [-0.2, -0.15) is 0 Å². The van der Waals surface area contributed by atoms with Crippen molar-refractivity contribution in [3.05, 3.63) is 48.3 Å². The van der Waals surface area contributed by atoms with Crippen molar-refractivity contribution >= 4 is 0 Å². The third kappa shape index (κ3) is 3.55. The second-order valence-electron chi connectivity index (χ2n) is 4.22. The summed E-state index contributed by atoms with van der Waals surface area (Å²) in [4.78, 5) is 4.41.